The number of oxazole rings is 1. The average molecular weight is 289 g/mol. The molecule has 0 radical (unpaired) electrons. The molecular formula is C15H13ClN2O2. The second-order valence-electron chi connectivity index (χ2n) is 4.69. The van der Waals surface area contributed by atoms with Crippen molar-refractivity contribution >= 4 is 22.7 Å². The Hall–Kier alpha value is -2.04. The quantitative estimate of drug-likeness (QED) is 0.789. The number of hydrogen-bond acceptors (Lipinski definition) is 3. The Morgan fingerprint density at radius 2 is 1.95 bits per heavy atom. The first kappa shape index (κ1) is 13.0. The van der Waals surface area contributed by atoms with Crippen molar-refractivity contribution in [3.63, 3.8) is 0 Å². The molecule has 5 heteroatoms. The largest absolute Gasteiger partial charge is 0.419 e. The second-order valence-corrected chi connectivity index (χ2v) is 5.12. The topological polar surface area (TPSA) is 61.2 Å². The van der Waals surface area contributed by atoms with Crippen LogP contribution in [0, 0.1) is 0 Å². The van der Waals surface area contributed by atoms with Crippen molar-refractivity contribution in [3.8, 4) is 0 Å². The van der Waals surface area contributed by atoms with E-state index in [9.17, 15) is 4.79 Å². The number of aryl methyl sites for hydroxylation is 1. The van der Waals surface area contributed by atoms with E-state index in [0.29, 0.717) is 10.6 Å². The summed E-state index contributed by atoms with van der Waals surface area (Å²) in [5.74, 6) is -0.381. The summed E-state index contributed by atoms with van der Waals surface area (Å²) in [7, 11) is 1.67. The van der Waals surface area contributed by atoms with Crippen molar-refractivity contribution in [2.75, 3.05) is 0 Å². The van der Waals surface area contributed by atoms with Crippen LogP contribution in [0.3, 0.4) is 0 Å². The molecule has 0 aliphatic carbocycles. The van der Waals surface area contributed by atoms with Gasteiger partial charge in [0.1, 0.15) is 0 Å². The summed E-state index contributed by atoms with van der Waals surface area (Å²) in [6.07, 6.45) is 0. The van der Waals surface area contributed by atoms with Crippen LogP contribution in [0.25, 0.3) is 11.1 Å². The van der Waals surface area contributed by atoms with E-state index in [4.69, 9.17) is 21.8 Å². The Balaban J connectivity index is 2.08. The van der Waals surface area contributed by atoms with Crippen molar-refractivity contribution in [1.29, 1.82) is 0 Å². The van der Waals surface area contributed by atoms with Crippen molar-refractivity contribution < 1.29 is 4.42 Å². The summed E-state index contributed by atoms with van der Waals surface area (Å²) in [5, 5.41) is 0.644. The lowest BCUT2D eigenvalue weighted by molar-refractivity contribution is 0.527. The molecule has 0 bridgehead atoms. The number of aromatic nitrogens is 1. The lowest BCUT2D eigenvalue weighted by Gasteiger charge is -2.12. The Kier molecular flexibility index (Phi) is 3.12. The SMILES string of the molecule is Cn1c(=O)oc2cc(C(N)c3cccc(Cl)c3)ccc21. The van der Waals surface area contributed by atoms with Gasteiger partial charge >= 0.3 is 5.76 Å². The lowest BCUT2D eigenvalue weighted by Crippen LogP contribution is -2.11. The molecule has 0 aliphatic heterocycles. The molecule has 1 atom stereocenters. The van der Waals surface area contributed by atoms with Crippen LogP contribution >= 0.6 is 11.6 Å². The number of hydrogen-bond donors (Lipinski definition) is 1. The van der Waals surface area contributed by atoms with E-state index in [1.54, 1.807) is 19.2 Å². The predicted molar refractivity (Wildman–Crippen MR) is 78.9 cm³/mol. The van der Waals surface area contributed by atoms with Gasteiger partial charge in [-0.05, 0) is 35.4 Å². The van der Waals surface area contributed by atoms with Gasteiger partial charge in [0.15, 0.2) is 5.58 Å². The number of fused-ring (bicyclic) bond motifs is 1. The van der Waals surface area contributed by atoms with Gasteiger partial charge in [0.25, 0.3) is 0 Å². The third-order valence-electron chi connectivity index (χ3n) is 3.38. The van der Waals surface area contributed by atoms with Gasteiger partial charge in [-0.15, -0.1) is 0 Å². The fourth-order valence-corrected chi connectivity index (χ4v) is 2.44. The fraction of sp³-hybridized carbons (Fsp3) is 0.133. The number of nitrogens with two attached hydrogens (primary N) is 1. The highest BCUT2D eigenvalue weighted by Gasteiger charge is 2.12. The first-order valence-corrected chi connectivity index (χ1v) is 6.54. The molecule has 2 aromatic carbocycles. The first-order chi connectivity index (χ1) is 9.56. The summed E-state index contributed by atoms with van der Waals surface area (Å²) < 4.78 is 6.64. The normalized spacial score (nSPS) is 12.8. The van der Waals surface area contributed by atoms with Gasteiger partial charge in [-0.25, -0.2) is 4.79 Å². The highest BCUT2D eigenvalue weighted by Crippen LogP contribution is 2.24. The third-order valence-corrected chi connectivity index (χ3v) is 3.62. The van der Waals surface area contributed by atoms with E-state index in [2.05, 4.69) is 0 Å². The molecule has 2 N–H and O–H groups in total. The third kappa shape index (κ3) is 2.13. The molecule has 102 valence electrons. The standard InChI is InChI=1S/C15H13ClN2O2/c1-18-12-6-5-10(8-13(12)20-15(18)19)14(17)9-3-2-4-11(16)7-9/h2-8,14H,17H2,1H3. The van der Waals surface area contributed by atoms with E-state index in [0.717, 1.165) is 16.6 Å². The van der Waals surface area contributed by atoms with Crippen LogP contribution in [0.15, 0.2) is 51.7 Å². The van der Waals surface area contributed by atoms with Gasteiger partial charge in [0, 0.05) is 12.1 Å². The Labute approximate surface area is 120 Å². The molecule has 4 nitrogen and oxygen atoms in total. The van der Waals surface area contributed by atoms with E-state index >= 15 is 0 Å². The van der Waals surface area contributed by atoms with E-state index in [-0.39, 0.29) is 11.8 Å². The number of rotatable bonds is 2. The zero-order chi connectivity index (χ0) is 14.3. The van der Waals surface area contributed by atoms with Crippen LogP contribution in [-0.2, 0) is 7.05 Å². The summed E-state index contributed by atoms with van der Waals surface area (Å²) >= 11 is 5.98. The smallest absolute Gasteiger partial charge is 0.408 e. The Morgan fingerprint density at radius 1 is 1.20 bits per heavy atom. The molecule has 0 aliphatic rings. The van der Waals surface area contributed by atoms with E-state index < -0.39 is 0 Å². The predicted octanol–water partition coefficient (Wildman–Crippen LogP) is 2.83. The van der Waals surface area contributed by atoms with Crippen molar-refractivity contribution in [1.82, 2.24) is 4.57 Å². The maximum Gasteiger partial charge on any atom is 0.419 e. The molecule has 0 fully saturated rings. The summed E-state index contributed by atoms with van der Waals surface area (Å²) in [6.45, 7) is 0. The molecule has 0 saturated carbocycles. The summed E-state index contributed by atoms with van der Waals surface area (Å²) in [4.78, 5) is 11.5. The minimum Gasteiger partial charge on any atom is -0.408 e. The maximum atomic E-state index is 11.5. The van der Waals surface area contributed by atoms with E-state index in [1.165, 1.54) is 4.57 Å². The van der Waals surface area contributed by atoms with Crippen LogP contribution in [0.1, 0.15) is 17.2 Å². The van der Waals surface area contributed by atoms with Crippen LogP contribution in [0.4, 0.5) is 0 Å². The molecule has 0 spiro atoms. The molecule has 1 unspecified atom stereocenters. The molecule has 3 aromatic rings. The fourth-order valence-electron chi connectivity index (χ4n) is 2.24. The van der Waals surface area contributed by atoms with Crippen LogP contribution in [0.2, 0.25) is 5.02 Å². The van der Waals surface area contributed by atoms with Gasteiger partial charge in [-0.3, -0.25) is 4.57 Å². The van der Waals surface area contributed by atoms with Gasteiger partial charge < -0.3 is 10.2 Å². The molecule has 0 saturated heterocycles. The monoisotopic (exact) mass is 288 g/mol. The molecule has 0 amide bonds. The Bertz CT molecular complexity index is 835. The number of benzene rings is 2. The summed E-state index contributed by atoms with van der Waals surface area (Å²) in [6, 6.07) is 12.6. The lowest BCUT2D eigenvalue weighted by atomic mass is 9.99. The molecule has 20 heavy (non-hydrogen) atoms. The van der Waals surface area contributed by atoms with Crippen molar-refractivity contribution in [2.45, 2.75) is 6.04 Å². The van der Waals surface area contributed by atoms with Gasteiger partial charge in [-0.2, -0.15) is 0 Å². The number of halogens is 1. The first-order valence-electron chi connectivity index (χ1n) is 6.17. The van der Waals surface area contributed by atoms with Crippen molar-refractivity contribution in [3.05, 3.63) is 69.2 Å². The van der Waals surface area contributed by atoms with Crippen LogP contribution in [-0.4, -0.2) is 4.57 Å². The molecule has 1 heterocycles. The minimum absolute atomic E-state index is 0.316. The van der Waals surface area contributed by atoms with Crippen LogP contribution < -0.4 is 11.5 Å². The van der Waals surface area contributed by atoms with Crippen molar-refractivity contribution in [2.24, 2.45) is 12.8 Å². The average Bonchev–Trinajstić information content (AvgIpc) is 2.73. The molecular weight excluding hydrogens is 276 g/mol. The number of nitrogens with zero attached hydrogens (tertiary/aromatic N) is 1. The second kappa shape index (κ2) is 4.81. The van der Waals surface area contributed by atoms with Gasteiger partial charge in [0.2, 0.25) is 0 Å². The van der Waals surface area contributed by atoms with E-state index in [1.807, 2.05) is 30.3 Å². The zero-order valence-corrected chi connectivity index (χ0v) is 11.6. The molecule has 1 aromatic heterocycles. The zero-order valence-electron chi connectivity index (χ0n) is 10.8. The van der Waals surface area contributed by atoms with Gasteiger partial charge in [0.05, 0.1) is 11.6 Å². The highest BCUT2D eigenvalue weighted by molar-refractivity contribution is 6.30. The Morgan fingerprint density at radius 3 is 2.70 bits per heavy atom. The summed E-state index contributed by atoms with van der Waals surface area (Å²) in [5.41, 5.74) is 9.30. The van der Waals surface area contributed by atoms with Crippen LogP contribution in [0.5, 0.6) is 0 Å². The maximum absolute atomic E-state index is 11.5. The minimum atomic E-state index is -0.381. The highest BCUT2D eigenvalue weighted by atomic mass is 35.5. The molecule has 3 rings (SSSR count). The van der Waals surface area contributed by atoms with Gasteiger partial charge in [-0.1, -0.05) is 29.8 Å².